The fourth-order valence-corrected chi connectivity index (χ4v) is 4.89. The molecule has 0 aliphatic carbocycles. The van der Waals surface area contributed by atoms with Gasteiger partial charge in [-0.15, -0.1) is 0 Å². The van der Waals surface area contributed by atoms with E-state index in [0.717, 1.165) is 16.8 Å². The average molecular weight is 471 g/mol. The molecule has 1 unspecified atom stereocenters. The highest BCUT2D eigenvalue weighted by molar-refractivity contribution is 6.03. The normalized spacial score (nSPS) is 18.6. The van der Waals surface area contributed by atoms with E-state index in [-0.39, 0.29) is 17.8 Å². The number of piperazine rings is 1. The van der Waals surface area contributed by atoms with Gasteiger partial charge in [-0.25, -0.2) is 9.40 Å². The minimum absolute atomic E-state index is 0.00275. The third-order valence-corrected chi connectivity index (χ3v) is 7.11. The molecule has 0 aromatic heterocycles. The number of halogens is 1. The molecule has 1 fully saturated rings. The summed E-state index contributed by atoms with van der Waals surface area (Å²) in [4.78, 5) is 17.7. The summed E-state index contributed by atoms with van der Waals surface area (Å²) < 4.78 is 14.2. The second-order valence-corrected chi connectivity index (χ2v) is 9.43. The fraction of sp³-hybridized carbons (Fsp3) is 0.310. The Bertz CT molecular complexity index is 1230. The van der Waals surface area contributed by atoms with Crippen LogP contribution in [0.3, 0.4) is 0 Å². The van der Waals surface area contributed by atoms with Gasteiger partial charge in [-0.05, 0) is 54.3 Å². The number of carbonyl (C=O) groups excluding carboxylic acids is 1. The lowest BCUT2D eigenvalue weighted by Crippen LogP contribution is -2.49. The molecule has 0 N–H and O–H groups in total. The molecule has 3 aromatic rings. The van der Waals surface area contributed by atoms with Crippen LogP contribution in [0, 0.1) is 19.7 Å². The number of rotatable bonds is 5. The predicted molar refractivity (Wildman–Crippen MR) is 138 cm³/mol. The second-order valence-electron chi connectivity index (χ2n) is 9.43. The van der Waals surface area contributed by atoms with Gasteiger partial charge in [0.2, 0.25) is 0 Å². The number of benzene rings is 3. The van der Waals surface area contributed by atoms with E-state index in [1.54, 1.807) is 11.1 Å². The molecular weight excluding hydrogens is 439 g/mol. The molecule has 2 heterocycles. The van der Waals surface area contributed by atoms with Crippen LogP contribution in [0.2, 0.25) is 0 Å². The van der Waals surface area contributed by atoms with E-state index in [9.17, 15) is 9.18 Å². The number of aryl methyl sites for hydroxylation is 2. The lowest BCUT2D eigenvalue weighted by atomic mass is 9.96. The fourth-order valence-electron chi connectivity index (χ4n) is 4.89. The summed E-state index contributed by atoms with van der Waals surface area (Å²) in [5.74, 6) is -0.204. The molecule has 5 rings (SSSR count). The van der Waals surface area contributed by atoms with Crippen LogP contribution >= 0.6 is 0 Å². The van der Waals surface area contributed by atoms with Gasteiger partial charge < -0.3 is 4.90 Å². The van der Waals surface area contributed by atoms with E-state index in [1.165, 1.54) is 17.2 Å². The first-order chi connectivity index (χ1) is 17.0. The zero-order valence-electron chi connectivity index (χ0n) is 20.3. The number of para-hydroxylation sites is 1. The van der Waals surface area contributed by atoms with Gasteiger partial charge in [-0.2, -0.15) is 5.10 Å². The van der Waals surface area contributed by atoms with Crippen LogP contribution in [0.4, 0.5) is 10.1 Å². The van der Waals surface area contributed by atoms with E-state index < -0.39 is 0 Å². The summed E-state index contributed by atoms with van der Waals surface area (Å²) in [6.07, 6.45) is 0.694. The Morgan fingerprint density at radius 3 is 2.34 bits per heavy atom. The van der Waals surface area contributed by atoms with Crippen LogP contribution < -0.4 is 4.90 Å². The van der Waals surface area contributed by atoms with E-state index >= 15 is 0 Å². The van der Waals surface area contributed by atoms with Gasteiger partial charge >= 0.3 is 0 Å². The Morgan fingerprint density at radius 2 is 1.63 bits per heavy atom. The van der Waals surface area contributed by atoms with Crippen molar-refractivity contribution in [2.75, 3.05) is 37.6 Å². The van der Waals surface area contributed by atoms with Crippen molar-refractivity contribution in [1.82, 2.24) is 9.91 Å². The predicted octanol–water partition coefficient (Wildman–Crippen LogP) is 4.94. The van der Waals surface area contributed by atoms with Gasteiger partial charge in [-0.1, -0.05) is 54.6 Å². The molecule has 0 saturated carbocycles. The quantitative estimate of drug-likeness (QED) is 0.530. The molecule has 5 nitrogen and oxygen atoms in total. The maximum absolute atomic E-state index is 14.2. The molecular formula is C29H31FN4O. The van der Waals surface area contributed by atoms with Crippen molar-refractivity contribution in [1.29, 1.82) is 0 Å². The van der Waals surface area contributed by atoms with Crippen molar-refractivity contribution in [2.24, 2.45) is 5.10 Å². The molecule has 1 saturated heterocycles. The maximum Gasteiger partial charge on any atom is 0.257 e. The van der Waals surface area contributed by atoms with Gasteiger partial charge in [0, 0.05) is 32.6 Å². The molecule has 180 valence electrons. The first-order valence-corrected chi connectivity index (χ1v) is 12.2. The number of amides is 1. The molecule has 1 atom stereocenters. The highest BCUT2D eigenvalue weighted by atomic mass is 19.1. The summed E-state index contributed by atoms with van der Waals surface area (Å²) in [6, 6.07) is 23.3. The van der Waals surface area contributed by atoms with E-state index in [0.29, 0.717) is 44.8 Å². The third-order valence-electron chi connectivity index (χ3n) is 7.11. The average Bonchev–Trinajstić information content (AvgIpc) is 3.33. The van der Waals surface area contributed by atoms with E-state index in [1.807, 2.05) is 30.3 Å². The van der Waals surface area contributed by atoms with Gasteiger partial charge in [0.05, 0.1) is 24.0 Å². The first kappa shape index (κ1) is 23.2. The van der Waals surface area contributed by atoms with Crippen LogP contribution in [0.15, 0.2) is 77.9 Å². The smallest absolute Gasteiger partial charge is 0.257 e. The van der Waals surface area contributed by atoms with Crippen molar-refractivity contribution < 1.29 is 9.18 Å². The van der Waals surface area contributed by atoms with Gasteiger partial charge in [0.25, 0.3) is 5.91 Å². The van der Waals surface area contributed by atoms with Gasteiger partial charge in [0.15, 0.2) is 0 Å². The van der Waals surface area contributed by atoms with Crippen LogP contribution in [0.25, 0.3) is 0 Å². The minimum Gasteiger partial charge on any atom is -0.367 e. The standard InChI is InChI=1S/C29H31FN4O/c1-21-12-13-24(18-22(21)2)26-19-28(23-8-4-3-5-9-23)34(31-26)29(35)20-32-14-16-33(17-15-32)27-11-7-6-10-25(27)30/h3-13,18,28H,14-17,19-20H2,1-2H3. The number of hydrogen-bond acceptors (Lipinski definition) is 4. The molecule has 2 aliphatic rings. The van der Waals surface area contributed by atoms with E-state index in [2.05, 4.69) is 54.0 Å². The molecule has 3 aromatic carbocycles. The van der Waals surface area contributed by atoms with E-state index in [4.69, 9.17) is 5.10 Å². The Morgan fingerprint density at radius 1 is 0.914 bits per heavy atom. The Labute approximate surface area is 206 Å². The number of anilines is 1. The molecule has 6 heteroatoms. The Hall–Kier alpha value is -3.51. The summed E-state index contributed by atoms with van der Waals surface area (Å²) in [7, 11) is 0. The summed E-state index contributed by atoms with van der Waals surface area (Å²) in [5, 5.41) is 6.52. The van der Waals surface area contributed by atoms with Crippen molar-refractivity contribution in [3.63, 3.8) is 0 Å². The second kappa shape index (κ2) is 10.0. The first-order valence-electron chi connectivity index (χ1n) is 12.2. The highest BCUT2D eigenvalue weighted by Gasteiger charge is 2.34. The number of nitrogens with zero attached hydrogens (tertiary/aromatic N) is 4. The molecule has 2 aliphatic heterocycles. The summed E-state index contributed by atoms with van der Waals surface area (Å²) >= 11 is 0. The number of carbonyl (C=O) groups is 1. The molecule has 35 heavy (non-hydrogen) atoms. The van der Waals surface area contributed by atoms with Crippen LogP contribution in [-0.4, -0.2) is 54.3 Å². The number of hydrazone groups is 1. The van der Waals surface area contributed by atoms with Gasteiger partial charge in [0.1, 0.15) is 5.82 Å². The van der Waals surface area contributed by atoms with Gasteiger partial charge in [-0.3, -0.25) is 9.69 Å². The topological polar surface area (TPSA) is 39.2 Å². The van der Waals surface area contributed by atoms with Crippen molar-refractivity contribution in [2.45, 2.75) is 26.3 Å². The molecule has 0 spiro atoms. The van der Waals surface area contributed by atoms with Crippen LogP contribution in [0.5, 0.6) is 0 Å². The van der Waals surface area contributed by atoms with Crippen molar-refractivity contribution in [3.8, 4) is 0 Å². The lowest BCUT2D eigenvalue weighted by molar-refractivity contribution is -0.134. The SMILES string of the molecule is Cc1ccc(C2=NN(C(=O)CN3CCN(c4ccccc4F)CC3)C(c3ccccc3)C2)cc1C. The number of hydrogen-bond donors (Lipinski definition) is 0. The monoisotopic (exact) mass is 470 g/mol. The van der Waals surface area contributed by atoms with Crippen LogP contribution in [-0.2, 0) is 4.79 Å². The summed E-state index contributed by atoms with van der Waals surface area (Å²) in [5.41, 5.74) is 6.20. The Kier molecular flexibility index (Phi) is 6.64. The van der Waals surface area contributed by atoms with Crippen molar-refractivity contribution in [3.05, 3.63) is 101 Å². The molecule has 0 radical (unpaired) electrons. The van der Waals surface area contributed by atoms with Crippen LogP contribution in [0.1, 0.15) is 34.7 Å². The Balaban J connectivity index is 1.31. The molecule has 0 bridgehead atoms. The maximum atomic E-state index is 14.2. The zero-order valence-corrected chi connectivity index (χ0v) is 20.3. The summed E-state index contributed by atoms with van der Waals surface area (Å²) in [6.45, 7) is 7.30. The third kappa shape index (κ3) is 4.98. The molecule has 1 amide bonds. The van der Waals surface area contributed by atoms with Crippen molar-refractivity contribution >= 4 is 17.3 Å². The zero-order chi connectivity index (χ0) is 24.4. The minimum atomic E-state index is -0.201. The largest absolute Gasteiger partial charge is 0.367 e. The highest BCUT2D eigenvalue weighted by Crippen LogP contribution is 2.33. The lowest BCUT2D eigenvalue weighted by Gasteiger charge is -2.36.